The summed E-state index contributed by atoms with van der Waals surface area (Å²) >= 11 is 0. The molecular formula is C10H20N2O2. The van der Waals surface area contributed by atoms with Crippen molar-refractivity contribution in [3.8, 4) is 0 Å². The molecule has 0 bridgehead atoms. The molecule has 0 rings (SSSR count). The Hall–Kier alpha value is -0.900. The van der Waals surface area contributed by atoms with E-state index in [1.165, 1.54) is 6.92 Å². The molecule has 4 nitrogen and oxygen atoms in total. The van der Waals surface area contributed by atoms with Gasteiger partial charge in [-0.25, -0.2) is 0 Å². The van der Waals surface area contributed by atoms with Gasteiger partial charge >= 0.3 is 0 Å². The van der Waals surface area contributed by atoms with Crippen molar-refractivity contribution in [2.45, 2.75) is 33.7 Å². The van der Waals surface area contributed by atoms with E-state index in [2.05, 4.69) is 10.6 Å². The van der Waals surface area contributed by atoms with Crippen LogP contribution in [0.3, 0.4) is 0 Å². The van der Waals surface area contributed by atoms with Gasteiger partial charge < -0.3 is 10.6 Å². The lowest BCUT2D eigenvalue weighted by Gasteiger charge is -2.29. The molecule has 0 aliphatic carbocycles. The summed E-state index contributed by atoms with van der Waals surface area (Å²) in [6, 6.07) is -0.414. The van der Waals surface area contributed by atoms with Gasteiger partial charge in [-0.15, -0.1) is 0 Å². The highest BCUT2D eigenvalue weighted by molar-refractivity contribution is 5.88. The van der Waals surface area contributed by atoms with E-state index in [0.717, 1.165) is 0 Å². The van der Waals surface area contributed by atoms with E-state index in [-0.39, 0.29) is 23.7 Å². The predicted molar refractivity (Wildman–Crippen MR) is 56.0 cm³/mol. The van der Waals surface area contributed by atoms with Gasteiger partial charge in [-0.1, -0.05) is 20.8 Å². The van der Waals surface area contributed by atoms with Gasteiger partial charge in [0.15, 0.2) is 5.78 Å². The van der Waals surface area contributed by atoms with Crippen LogP contribution in [0.25, 0.3) is 0 Å². The van der Waals surface area contributed by atoms with E-state index in [1.54, 1.807) is 7.05 Å². The van der Waals surface area contributed by atoms with Crippen molar-refractivity contribution in [1.29, 1.82) is 0 Å². The standard InChI is InChI=1S/C10H20N2O2/c1-7(13)9(10(2,3)4)12-8(14)6-11-5/h9,11H,6H2,1-5H3,(H,12,14)/t9-/m1/s1. The fourth-order valence-electron chi connectivity index (χ4n) is 1.30. The molecule has 82 valence electrons. The van der Waals surface area contributed by atoms with Crippen molar-refractivity contribution in [2.24, 2.45) is 5.41 Å². The molecule has 2 N–H and O–H groups in total. The minimum Gasteiger partial charge on any atom is -0.345 e. The minimum absolute atomic E-state index is 0.0121. The maximum absolute atomic E-state index is 11.3. The first-order valence-electron chi connectivity index (χ1n) is 4.73. The zero-order valence-electron chi connectivity index (χ0n) is 9.60. The Labute approximate surface area is 85.4 Å². The zero-order chi connectivity index (χ0) is 11.4. The molecule has 0 aromatic heterocycles. The van der Waals surface area contributed by atoms with Gasteiger partial charge in [0, 0.05) is 0 Å². The number of likely N-dealkylation sites (N-methyl/N-ethyl adjacent to an activating group) is 1. The number of ketones is 1. The van der Waals surface area contributed by atoms with Gasteiger partial charge in [-0.05, 0) is 19.4 Å². The predicted octanol–water partition coefficient (Wildman–Crippen LogP) is 0.326. The SMILES string of the molecule is CNCC(=O)N[C@H](C(C)=O)C(C)(C)C. The second-order valence-corrected chi connectivity index (χ2v) is 4.51. The maximum Gasteiger partial charge on any atom is 0.234 e. The first-order chi connectivity index (χ1) is 6.29. The molecule has 0 saturated carbocycles. The second-order valence-electron chi connectivity index (χ2n) is 4.51. The number of carbonyl (C=O) groups excluding carboxylic acids is 2. The Morgan fingerprint density at radius 1 is 1.29 bits per heavy atom. The fourth-order valence-corrected chi connectivity index (χ4v) is 1.30. The number of hydrogen-bond acceptors (Lipinski definition) is 3. The second kappa shape index (κ2) is 5.10. The van der Waals surface area contributed by atoms with Crippen LogP contribution in [0, 0.1) is 5.41 Å². The Balaban J connectivity index is 4.40. The molecule has 1 amide bonds. The molecule has 0 fully saturated rings. The van der Waals surface area contributed by atoms with Gasteiger partial charge in [-0.3, -0.25) is 9.59 Å². The van der Waals surface area contributed by atoms with Crippen LogP contribution in [0.2, 0.25) is 0 Å². The number of amides is 1. The Kier molecular flexibility index (Phi) is 4.77. The molecule has 1 atom stereocenters. The van der Waals surface area contributed by atoms with Crippen LogP contribution in [-0.2, 0) is 9.59 Å². The monoisotopic (exact) mass is 200 g/mol. The first-order valence-corrected chi connectivity index (χ1v) is 4.73. The third kappa shape index (κ3) is 4.37. The van der Waals surface area contributed by atoms with Crippen LogP contribution in [-0.4, -0.2) is 31.3 Å². The minimum atomic E-state index is -0.414. The molecule has 4 heteroatoms. The number of carbonyl (C=O) groups is 2. The van der Waals surface area contributed by atoms with Crippen molar-refractivity contribution in [3.63, 3.8) is 0 Å². The molecule has 0 aromatic carbocycles. The summed E-state index contributed by atoms with van der Waals surface area (Å²) in [5, 5.41) is 5.45. The highest BCUT2D eigenvalue weighted by atomic mass is 16.2. The summed E-state index contributed by atoms with van der Waals surface area (Å²) < 4.78 is 0. The van der Waals surface area contributed by atoms with Gasteiger partial charge in [0.2, 0.25) is 5.91 Å². The fraction of sp³-hybridized carbons (Fsp3) is 0.800. The molecule has 0 spiro atoms. The van der Waals surface area contributed by atoms with Crippen LogP contribution in [0.5, 0.6) is 0 Å². The van der Waals surface area contributed by atoms with E-state index in [9.17, 15) is 9.59 Å². The molecule has 0 aromatic rings. The normalized spacial score (nSPS) is 13.5. The van der Waals surface area contributed by atoms with Crippen molar-refractivity contribution >= 4 is 11.7 Å². The average molecular weight is 200 g/mol. The summed E-state index contributed by atoms with van der Waals surface area (Å²) in [7, 11) is 1.69. The van der Waals surface area contributed by atoms with E-state index in [0.29, 0.717) is 0 Å². The van der Waals surface area contributed by atoms with E-state index in [1.807, 2.05) is 20.8 Å². The van der Waals surface area contributed by atoms with Crippen LogP contribution >= 0.6 is 0 Å². The lowest BCUT2D eigenvalue weighted by Crippen LogP contribution is -2.50. The van der Waals surface area contributed by atoms with Gasteiger partial charge in [0.1, 0.15) is 0 Å². The molecular weight excluding hydrogens is 180 g/mol. The number of nitrogens with one attached hydrogen (secondary N) is 2. The number of Topliss-reactive ketones (excluding diaryl/α,β-unsaturated/α-hetero) is 1. The summed E-state index contributed by atoms with van der Waals surface area (Å²) in [6.07, 6.45) is 0. The average Bonchev–Trinajstić information content (AvgIpc) is 1.98. The van der Waals surface area contributed by atoms with E-state index in [4.69, 9.17) is 0 Å². The number of rotatable bonds is 4. The molecule has 0 unspecified atom stereocenters. The largest absolute Gasteiger partial charge is 0.345 e. The quantitative estimate of drug-likeness (QED) is 0.687. The molecule has 14 heavy (non-hydrogen) atoms. The lowest BCUT2D eigenvalue weighted by molar-refractivity contribution is -0.128. The van der Waals surface area contributed by atoms with Gasteiger partial charge in [0.25, 0.3) is 0 Å². The van der Waals surface area contributed by atoms with E-state index >= 15 is 0 Å². The summed E-state index contributed by atoms with van der Waals surface area (Å²) in [5.41, 5.74) is -0.241. The highest BCUT2D eigenvalue weighted by Crippen LogP contribution is 2.19. The summed E-state index contributed by atoms with van der Waals surface area (Å²) in [6.45, 7) is 7.52. The first kappa shape index (κ1) is 13.1. The molecule has 0 radical (unpaired) electrons. The highest BCUT2D eigenvalue weighted by Gasteiger charge is 2.29. The molecule has 0 heterocycles. The van der Waals surface area contributed by atoms with Crippen LogP contribution in [0.1, 0.15) is 27.7 Å². The van der Waals surface area contributed by atoms with Crippen molar-refractivity contribution in [1.82, 2.24) is 10.6 Å². The number of hydrogen-bond donors (Lipinski definition) is 2. The van der Waals surface area contributed by atoms with Crippen LogP contribution in [0.15, 0.2) is 0 Å². The van der Waals surface area contributed by atoms with Gasteiger partial charge in [-0.2, -0.15) is 0 Å². The zero-order valence-corrected chi connectivity index (χ0v) is 9.60. The Morgan fingerprint density at radius 2 is 1.79 bits per heavy atom. The van der Waals surface area contributed by atoms with E-state index < -0.39 is 6.04 Å². The van der Waals surface area contributed by atoms with Gasteiger partial charge in [0.05, 0.1) is 12.6 Å². The molecule has 0 aliphatic heterocycles. The third-order valence-corrected chi connectivity index (χ3v) is 1.92. The Bertz CT molecular complexity index is 219. The smallest absolute Gasteiger partial charge is 0.234 e. The van der Waals surface area contributed by atoms with Crippen LogP contribution in [0.4, 0.5) is 0 Å². The molecule has 0 aliphatic rings. The topological polar surface area (TPSA) is 58.2 Å². The summed E-state index contributed by atoms with van der Waals surface area (Å²) in [4.78, 5) is 22.6. The van der Waals surface area contributed by atoms with Crippen molar-refractivity contribution in [2.75, 3.05) is 13.6 Å². The Morgan fingerprint density at radius 3 is 2.07 bits per heavy atom. The molecule has 0 saturated heterocycles. The lowest BCUT2D eigenvalue weighted by atomic mass is 9.84. The van der Waals surface area contributed by atoms with Crippen LogP contribution < -0.4 is 10.6 Å². The summed E-state index contributed by atoms with van der Waals surface area (Å²) in [5.74, 6) is -0.162. The maximum atomic E-state index is 11.3. The third-order valence-electron chi connectivity index (χ3n) is 1.92. The van der Waals surface area contributed by atoms with Crippen molar-refractivity contribution < 1.29 is 9.59 Å². The van der Waals surface area contributed by atoms with Crippen molar-refractivity contribution in [3.05, 3.63) is 0 Å².